The fourth-order valence-electron chi connectivity index (χ4n) is 2.00. The van der Waals surface area contributed by atoms with Crippen LogP contribution in [0.4, 0.5) is 0 Å². The highest BCUT2D eigenvalue weighted by Crippen LogP contribution is 2.34. The molecule has 0 amide bonds. The molecule has 7 nitrogen and oxygen atoms in total. The van der Waals surface area contributed by atoms with Crippen LogP contribution in [0.5, 0.6) is 0 Å². The van der Waals surface area contributed by atoms with E-state index >= 15 is 0 Å². The molecule has 0 aromatic carbocycles. The molecule has 1 aromatic heterocycles. The number of nitrogens with one attached hydrogen (secondary N) is 1. The Hall–Kier alpha value is -1.44. The SMILES string of the molecule is [2H]C(O)[C@H]1O[C@@H](n2ccc(=O)[nH]c2=O)[C@H](OC([2H])([2H])[2H])[C@@H]1C. The summed E-state index contributed by atoms with van der Waals surface area (Å²) in [4.78, 5) is 25.0. The van der Waals surface area contributed by atoms with E-state index in [0.717, 1.165) is 16.8 Å². The predicted octanol–water partition coefficient (Wildman–Crippen LogP) is -0.923. The first-order valence-electron chi connectivity index (χ1n) is 7.43. The van der Waals surface area contributed by atoms with Gasteiger partial charge in [-0.05, 0) is 0 Å². The summed E-state index contributed by atoms with van der Waals surface area (Å²) in [6.45, 7) is -0.0728. The van der Waals surface area contributed by atoms with Gasteiger partial charge >= 0.3 is 5.69 Å². The molecule has 2 heterocycles. The number of hydrogen-bond acceptors (Lipinski definition) is 5. The first kappa shape index (κ1) is 8.63. The summed E-state index contributed by atoms with van der Waals surface area (Å²) in [5.41, 5.74) is -1.42. The molecule has 18 heavy (non-hydrogen) atoms. The van der Waals surface area contributed by atoms with Crippen molar-refractivity contribution in [3.05, 3.63) is 33.1 Å². The second kappa shape index (κ2) is 5.05. The Morgan fingerprint density at radius 1 is 1.72 bits per heavy atom. The molecule has 100 valence electrons. The van der Waals surface area contributed by atoms with Crippen LogP contribution in [-0.2, 0) is 9.47 Å². The Kier molecular flexibility index (Phi) is 2.42. The van der Waals surface area contributed by atoms with E-state index in [1.54, 1.807) is 6.92 Å². The average Bonchev–Trinajstić information content (AvgIpc) is 2.66. The van der Waals surface area contributed by atoms with Crippen LogP contribution in [0.15, 0.2) is 21.9 Å². The molecule has 2 N–H and O–H groups in total. The molecule has 0 spiro atoms. The lowest BCUT2D eigenvalue weighted by Gasteiger charge is -2.20. The number of hydrogen-bond donors (Lipinski definition) is 2. The van der Waals surface area contributed by atoms with Crippen LogP contribution in [0.2, 0.25) is 0 Å². The third-order valence-corrected chi connectivity index (χ3v) is 3.02. The van der Waals surface area contributed by atoms with Gasteiger partial charge in [0.2, 0.25) is 0 Å². The summed E-state index contributed by atoms with van der Waals surface area (Å²) >= 11 is 0. The number of aromatic amines is 1. The van der Waals surface area contributed by atoms with Crippen molar-refractivity contribution in [2.75, 3.05) is 13.6 Å². The Morgan fingerprint density at radius 3 is 3.11 bits per heavy atom. The zero-order valence-electron chi connectivity index (χ0n) is 13.6. The fraction of sp³-hybridized carbons (Fsp3) is 0.636. The smallest absolute Gasteiger partial charge is 0.330 e. The van der Waals surface area contributed by atoms with Crippen molar-refractivity contribution in [2.45, 2.75) is 25.4 Å². The van der Waals surface area contributed by atoms with Crippen LogP contribution in [0, 0.1) is 5.92 Å². The zero-order chi connectivity index (χ0) is 16.7. The van der Waals surface area contributed by atoms with Crippen molar-refractivity contribution in [3.63, 3.8) is 0 Å². The van der Waals surface area contributed by atoms with Gasteiger partial charge in [0.05, 0.1) is 18.2 Å². The van der Waals surface area contributed by atoms with Crippen LogP contribution in [0.25, 0.3) is 0 Å². The largest absolute Gasteiger partial charge is 0.394 e. The first-order chi connectivity index (χ1) is 10.1. The topological polar surface area (TPSA) is 93.5 Å². The molecule has 1 aliphatic heterocycles. The standard InChI is InChI=1S/C11H16N2O5/c1-6-7(5-14)18-10(9(6)17-2)13-4-3-8(15)12-11(13)16/h3-4,6-7,9-10,14H,5H2,1-2H3,(H,12,15,16)/t6-,7-,9-,10-/m1/s1/i2D3,5D/t5?,6-,7-,9-,10-. The summed E-state index contributed by atoms with van der Waals surface area (Å²) < 4.78 is 40.3. The van der Waals surface area contributed by atoms with Crippen molar-refractivity contribution in [3.8, 4) is 0 Å². The van der Waals surface area contributed by atoms with E-state index in [-0.39, 0.29) is 0 Å². The zero-order valence-corrected chi connectivity index (χ0v) is 9.57. The molecule has 7 heteroatoms. The molecule has 5 atom stereocenters. The maximum Gasteiger partial charge on any atom is 0.330 e. The molecule has 0 bridgehead atoms. The minimum Gasteiger partial charge on any atom is -0.394 e. The van der Waals surface area contributed by atoms with Gasteiger partial charge in [0, 0.05) is 25.2 Å². The highest BCUT2D eigenvalue weighted by Gasteiger charge is 2.43. The summed E-state index contributed by atoms with van der Waals surface area (Å²) in [5, 5.41) is 9.42. The number of rotatable bonds is 3. The number of aliphatic hydroxyl groups excluding tert-OH is 1. The van der Waals surface area contributed by atoms with Crippen LogP contribution < -0.4 is 11.2 Å². The lowest BCUT2D eigenvalue weighted by Crippen LogP contribution is -2.36. The Morgan fingerprint density at radius 2 is 2.50 bits per heavy atom. The van der Waals surface area contributed by atoms with E-state index in [9.17, 15) is 14.7 Å². The molecule has 1 unspecified atom stereocenters. The van der Waals surface area contributed by atoms with Crippen molar-refractivity contribution in [1.29, 1.82) is 0 Å². The molecule has 1 saturated heterocycles. The minimum atomic E-state index is -2.74. The fourth-order valence-corrected chi connectivity index (χ4v) is 2.00. The van der Waals surface area contributed by atoms with Crippen LogP contribution >= 0.6 is 0 Å². The van der Waals surface area contributed by atoms with E-state index < -0.39 is 49.2 Å². The van der Waals surface area contributed by atoms with Gasteiger partial charge in [-0.15, -0.1) is 0 Å². The summed E-state index contributed by atoms with van der Waals surface area (Å²) in [5.74, 6) is -0.656. The van der Waals surface area contributed by atoms with Crippen molar-refractivity contribution < 1.29 is 20.1 Å². The van der Waals surface area contributed by atoms with Gasteiger partial charge in [0.15, 0.2) is 6.23 Å². The molecule has 0 aliphatic carbocycles. The monoisotopic (exact) mass is 260 g/mol. The highest BCUT2D eigenvalue weighted by molar-refractivity contribution is 4.92. The number of aliphatic hydroxyl groups is 1. The Labute approximate surface area is 109 Å². The van der Waals surface area contributed by atoms with Crippen molar-refractivity contribution in [1.82, 2.24) is 9.55 Å². The second-order valence-electron chi connectivity index (χ2n) is 4.10. The van der Waals surface area contributed by atoms with E-state index in [4.69, 9.17) is 15.0 Å². The number of aromatic nitrogens is 2. The summed E-state index contributed by atoms with van der Waals surface area (Å²) in [7, 11) is -2.74. The maximum absolute atomic E-state index is 11.8. The molecule has 1 aromatic rings. The van der Waals surface area contributed by atoms with Gasteiger partial charge in [0.1, 0.15) is 6.10 Å². The van der Waals surface area contributed by atoms with Crippen LogP contribution in [0.1, 0.15) is 18.6 Å². The van der Waals surface area contributed by atoms with Crippen LogP contribution in [-0.4, -0.2) is 40.5 Å². The second-order valence-corrected chi connectivity index (χ2v) is 4.10. The molecule has 1 aliphatic rings. The van der Waals surface area contributed by atoms with Gasteiger partial charge in [-0.3, -0.25) is 14.3 Å². The van der Waals surface area contributed by atoms with E-state index in [1.807, 2.05) is 4.98 Å². The molecular formula is C11H16N2O5. The predicted molar refractivity (Wildman–Crippen MR) is 62.3 cm³/mol. The lowest BCUT2D eigenvalue weighted by molar-refractivity contribution is -0.0625. The number of methoxy groups -OCH3 is 1. The van der Waals surface area contributed by atoms with E-state index in [2.05, 4.69) is 0 Å². The lowest BCUT2D eigenvalue weighted by atomic mass is 10.0. The van der Waals surface area contributed by atoms with Gasteiger partial charge in [-0.2, -0.15) is 0 Å². The van der Waals surface area contributed by atoms with Gasteiger partial charge in [-0.25, -0.2) is 4.79 Å². The number of ether oxygens (including phenoxy) is 2. The number of nitrogens with zero attached hydrogens (tertiary/aromatic N) is 1. The summed E-state index contributed by atoms with van der Waals surface area (Å²) in [6.07, 6.45) is -2.16. The highest BCUT2D eigenvalue weighted by atomic mass is 16.6. The van der Waals surface area contributed by atoms with Crippen molar-refractivity contribution in [2.24, 2.45) is 5.92 Å². The Balaban J connectivity index is 2.41. The molecule has 0 saturated carbocycles. The number of H-pyrrole nitrogens is 1. The quantitative estimate of drug-likeness (QED) is 0.733. The average molecular weight is 260 g/mol. The molecule has 0 radical (unpaired) electrons. The molecule has 1 fully saturated rings. The molecule has 2 rings (SSSR count). The van der Waals surface area contributed by atoms with Crippen LogP contribution in [0.3, 0.4) is 0 Å². The van der Waals surface area contributed by atoms with Crippen molar-refractivity contribution >= 4 is 0 Å². The minimum absolute atomic E-state index is 0.613. The normalized spacial score (nSPS) is 37.4. The maximum atomic E-state index is 11.8. The van der Waals surface area contributed by atoms with Gasteiger partial charge < -0.3 is 14.6 Å². The third-order valence-electron chi connectivity index (χ3n) is 3.02. The Bertz CT molecular complexity index is 640. The third kappa shape index (κ3) is 2.12. The summed E-state index contributed by atoms with van der Waals surface area (Å²) in [6, 6.07) is 1.08. The van der Waals surface area contributed by atoms with E-state index in [1.165, 1.54) is 0 Å². The van der Waals surface area contributed by atoms with Gasteiger partial charge in [0.25, 0.3) is 5.56 Å². The van der Waals surface area contributed by atoms with Gasteiger partial charge in [-0.1, -0.05) is 6.92 Å². The van der Waals surface area contributed by atoms with E-state index in [0.29, 0.717) is 0 Å². The molecular weight excluding hydrogens is 240 g/mol. The first-order valence-corrected chi connectivity index (χ1v) is 5.35.